The Labute approximate surface area is 345 Å². The van der Waals surface area contributed by atoms with Crippen molar-refractivity contribution in [2.45, 2.75) is 64.1 Å². The second kappa shape index (κ2) is 16.6. The second-order valence-corrected chi connectivity index (χ2v) is 17.8. The van der Waals surface area contributed by atoms with Crippen molar-refractivity contribution in [3.05, 3.63) is 94.1 Å². The molecule has 2 aliphatic heterocycles. The van der Waals surface area contributed by atoms with E-state index in [1.807, 2.05) is 93.7 Å². The number of phenols is 1. The van der Waals surface area contributed by atoms with Gasteiger partial charge in [0.15, 0.2) is 11.6 Å². The van der Waals surface area contributed by atoms with Gasteiger partial charge in [0.1, 0.15) is 23.2 Å². The van der Waals surface area contributed by atoms with Gasteiger partial charge in [0, 0.05) is 68.6 Å². The van der Waals surface area contributed by atoms with E-state index in [1.165, 1.54) is 9.78 Å². The zero-order valence-electron chi connectivity index (χ0n) is 33.2. The van der Waals surface area contributed by atoms with Crippen LogP contribution in [0.4, 0.5) is 5.82 Å². The first-order chi connectivity index (χ1) is 27.9. The Morgan fingerprint density at radius 3 is 2.53 bits per heavy atom. The molecule has 302 valence electrons. The number of nitrogens with one attached hydrogen (secondary N) is 1. The SMILES string of the molecule is Cc1ncsc1-c1ccc([C@H](C)NC(=O)[C@@H]2C[C@@H](O)CN2C(=O)[C@@H](c2cc(N(C)CCN3CC(c4cc5nnc(-c6ccccc6O)cc5s4)C3)no2)C(C)C)cc1. The van der Waals surface area contributed by atoms with Gasteiger partial charge in [0.05, 0.1) is 38.6 Å². The summed E-state index contributed by atoms with van der Waals surface area (Å²) >= 11 is 3.32. The lowest BCUT2D eigenvalue weighted by Gasteiger charge is -2.39. The first-order valence-electron chi connectivity index (χ1n) is 19.7. The van der Waals surface area contributed by atoms with Gasteiger partial charge < -0.3 is 34.8 Å². The van der Waals surface area contributed by atoms with Crippen LogP contribution in [0.1, 0.15) is 67.0 Å². The summed E-state index contributed by atoms with van der Waals surface area (Å²) < 4.78 is 6.88. The number of hydrogen-bond acceptors (Lipinski definition) is 13. The van der Waals surface area contributed by atoms with Crippen LogP contribution in [0.3, 0.4) is 0 Å². The molecule has 13 nitrogen and oxygen atoms in total. The summed E-state index contributed by atoms with van der Waals surface area (Å²) in [5.41, 5.74) is 7.03. The molecule has 0 saturated carbocycles. The Hall–Kier alpha value is -5.22. The van der Waals surface area contributed by atoms with E-state index in [0.29, 0.717) is 35.3 Å². The number of phenolic OH excluding ortho intramolecular Hbond substituents is 1. The quantitative estimate of drug-likeness (QED) is 0.115. The van der Waals surface area contributed by atoms with Crippen molar-refractivity contribution in [3.63, 3.8) is 0 Å². The van der Waals surface area contributed by atoms with Crippen molar-refractivity contribution in [1.82, 2.24) is 35.5 Å². The number of nitrogens with zero attached hydrogens (tertiary/aromatic N) is 7. The van der Waals surface area contributed by atoms with Crippen molar-refractivity contribution in [2.24, 2.45) is 5.92 Å². The number of aryl methyl sites for hydroxylation is 1. The number of hydrogen-bond donors (Lipinski definition) is 3. The molecule has 0 aliphatic carbocycles. The molecule has 2 aliphatic rings. The van der Waals surface area contributed by atoms with Gasteiger partial charge in [0.25, 0.3) is 0 Å². The van der Waals surface area contributed by atoms with Gasteiger partial charge in [-0.3, -0.25) is 9.59 Å². The lowest BCUT2D eigenvalue weighted by atomic mass is 9.91. The molecule has 6 aromatic rings. The highest BCUT2D eigenvalue weighted by molar-refractivity contribution is 7.19. The normalized spacial score (nSPS) is 18.4. The largest absolute Gasteiger partial charge is 0.507 e. The van der Waals surface area contributed by atoms with E-state index in [-0.39, 0.29) is 42.5 Å². The molecular formula is C43H48N8O5S2. The van der Waals surface area contributed by atoms with Crippen LogP contribution in [0.25, 0.3) is 31.9 Å². The van der Waals surface area contributed by atoms with Crippen molar-refractivity contribution < 1.29 is 24.3 Å². The number of para-hydroxylation sites is 1. The molecule has 0 bridgehead atoms. The average Bonchev–Trinajstić information content (AvgIpc) is 4.01. The summed E-state index contributed by atoms with van der Waals surface area (Å²) in [6, 6.07) is 20.1. The van der Waals surface area contributed by atoms with Crippen LogP contribution < -0.4 is 10.2 Å². The van der Waals surface area contributed by atoms with Gasteiger partial charge in [-0.25, -0.2) is 4.98 Å². The van der Waals surface area contributed by atoms with Crippen molar-refractivity contribution >= 4 is 50.5 Å². The fraction of sp³-hybridized carbons (Fsp3) is 0.395. The minimum atomic E-state index is -0.808. The van der Waals surface area contributed by atoms with Gasteiger partial charge >= 0.3 is 0 Å². The molecule has 4 atom stereocenters. The first-order valence-corrected chi connectivity index (χ1v) is 21.4. The third-order valence-electron chi connectivity index (χ3n) is 11.4. The van der Waals surface area contributed by atoms with Gasteiger partial charge in [-0.2, -0.15) is 0 Å². The lowest BCUT2D eigenvalue weighted by Crippen LogP contribution is -2.48. The van der Waals surface area contributed by atoms with E-state index in [0.717, 1.165) is 51.5 Å². The zero-order chi connectivity index (χ0) is 40.7. The summed E-state index contributed by atoms with van der Waals surface area (Å²) in [6.07, 6.45) is -0.643. The van der Waals surface area contributed by atoms with Crippen molar-refractivity contribution in [3.8, 4) is 27.4 Å². The number of carbonyl (C=O) groups is 2. The second-order valence-electron chi connectivity index (χ2n) is 15.8. The van der Waals surface area contributed by atoms with Crippen LogP contribution in [0.15, 0.2) is 76.8 Å². The number of aliphatic hydroxyl groups excluding tert-OH is 1. The molecular weight excluding hydrogens is 773 g/mol. The van der Waals surface area contributed by atoms with Crippen LogP contribution in [0, 0.1) is 12.8 Å². The number of likely N-dealkylation sites (N-methyl/N-ethyl adjacent to an activating group) is 1. The number of rotatable bonds is 13. The smallest absolute Gasteiger partial charge is 0.243 e. The van der Waals surface area contributed by atoms with Gasteiger partial charge in [0.2, 0.25) is 11.8 Å². The number of aliphatic hydroxyl groups is 1. The van der Waals surface area contributed by atoms with Gasteiger partial charge in [-0.15, -0.1) is 32.9 Å². The van der Waals surface area contributed by atoms with E-state index >= 15 is 0 Å². The topological polar surface area (TPSA) is 161 Å². The number of thiophene rings is 1. The Kier molecular flexibility index (Phi) is 11.3. The van der Waals surface area contributed by atoms with Crippen LogP contribution in [-0.4, -0.2) is 104 Å². The molecule has 0 unspecified atom stereocenters. The van der Waals surface area contributed by atoms with Crippen LogP contribution >= 0.6 is 22.7 Å². The lowest BCUT2D eigenvalue weighted by molar-refractivity contribution is -0.141. The predicted octanol–water partition coefficient (Wildman–Crippen LogP) is 6.60. The molecule has 8 rings (SSSR count). The number of β-amino-alcohol motifs (C(OH)–C–C–N with tert-alkyl or cyclic N) is 1. The van der Waals surface area contributed by atoms with Crippen LogP contribution in [0.5, 0.6) is 5.75 Å². The standard InChI is InChI=1S/C43H48N8O5S2/c1-24(2)40(43(55)51-22-30(52)16-34(51)42(54)45-25(3)27-10-12-28(13-11-27)41-26(4)44-23-57-41)36-19-39(48-56-36)49(5)14-15-50-20-29(21-50)37-18-33-38(58-37)17-32(46-47-33)31-8-6-7-9-35(31)53/h6-13,17-19,23-25,29-30,34,40,52-53H,14-16,20-22H2,1-5H3,(H,45,54)/t25-,30+,34-,40+/m0/s1. The summed E-state index contributed by atoms with van der Waals surface area (Å²) in [5, 5.41) is 37.2. The molecule has 2 saturated heterocycles. The molecule has 2 amide bonds. The zero-order valence-corrected chi connectivity index (χ0v) is 34.8. The highest BCUT2D eigenvalue weighted by Crippen LogP contribution is 2.38. The number of likely N-dealkylation sites (tertiary alicyclic amines) is 2. The van der Waals surface area contributed by atoms with E-state index in [1.54, 1.807) is 34.8 Å². The maximum atomic E-state index is 14.2. The Balaban J connectivity index is 0.855. The number of aromatic hydroxyl groups is 1. The Morgan fingerprint density at radius 2 is 1.81 bits per heavy atom. The molecule has 2 fully saturated rings. The minimum Gasteiger partial charge on any atom is -0.507 e. The van der Waals surface area contributed by atoms with Gasteiger partial charge in [-0.1, -0.05) is 55.4 Å². The third-order valence-corrected chi connectivity index (χ3v) is 13.6. The monoisotopic (exact) mass is 820 g/mol. The summed E-state index contributed by atoms with van der Waals surface area (Å²) in [5.74, 6) is 0.298. The van der Waals surface area contributed by atoms with E-state index in [9.17, 15) is 19.8 Å². The number of fused-ring (bicyclic) bond motifs is 1. The molecule has 6 heterocycles. The molecule has 2 aromatic carbocycles. The number of benzene rings is 2. The summed E-state index contributed by atoms with van der Waals surface area (Å²) in [4.78, 5) is 40.6. The number of thiazole rings is 1. The molecule has 0 spiro atoms. The number of carbonyl (C=O) groups excluding carboxylic acids is 2. The summed E-state index contributed by atoms with van der Waals surface area (Å²) in [7, 11) is 1.96. The average molecular weight is 821 g/mol. The van der Waals surface area contributed by atoms with Crippen molar-refractivity contribution in [1.29, 1.82) is 0 Å². The molecule has 4 aromatic heterocycles. The summed E-state index contributed by atoms with van der Waals surface area (Å²) in [6.45, 7) is 11.3. The maximum Gasteiger partial charge on any atom is 0.243 e. The first kappa shape index (κ1) is 39.6. The fourth-order valence-corrected chi connectivity index (χ4v) is 9.87. The predicted molar refractivity (Wildman–Crippen MR) is 226 cm³/mol. The molecule has 58 heavy (non-hydrogen) atoms. The van der Waals surface area contributed by atoms with E-state index in [4.69, 9.17) is 4.52 Å². The van der Waals surface area contributed by atoms with E-state index < -0.39 is 18.1 Å². The number of anilines is 1. The Morgan fingerprint density at radius 1 is 1.03 bits per heavy atom. The van der Waals surface area contributed by atoms with Crippen LogP contribution in [-0.2, 0) is 9.59 Å². The van der Waals surface area contributed by atoms with Crippen molar-refractivity contribution in [2.75, 3.05) is 44.7 Å². The molecule has 0 radical (unpaired) electrons. The van der Waals surface area contributed by atoms with E-state index in [2.05, 4.69) is 36.6 Å². The fourth-order valence-electron chi connectivity index (χ4n) is 7.94. The highest BCUT2D eigenvalue weighted by Gasteiger charge is 2.43. The molecule has 3 N–H and O–H groups in total. The highest BCUT2D eigenvalue weighted by atomic mass is 32.1. The third kappa shape index (κ3) is 8.08. The Bertz CT molecular complexity index is 2400. The maximum absolute atomic E-state index is 14.2. The number of amides is 2. The molecule has 15 heteroatoms. The number of aromatic nitrogens is 4. The van der Waals surface area contributed by atoms with Crippen LogP contribution in [0.2, 0.25) is 0 Å². The van der Waals surface area contributed by atoms with Gasteiger partial charge in [-0.05, 0) is 55.2 Å². The minimum absolute atomic E-state index is 0.0727.